The number of H-pyrrole nitrogens is 1. The Balaban J connectivity index is 2.18. The van der Waals surface area contributed by atoms with Crippen LogP contribution in [0, 0.1) is 0 Å². The molecule has 0 aliphatic heterocycles. The van der Waals surface area contributed by atoms with Crippen LogP contribution in [0.1, 0.15) is 17.0 Å². The number of alkyl halides is 6. The molecule has 3 N–H and O–H groups in total. The number of hydrogen-bond acceptors (Lipinski definition) is 4. The van der Waals surface area contributed by atoms with Gasteiger partial charge in [-0.3, -0.25) is 4.79 Å². The molecule has 0 fully saturated rings. The van der Waals surface area contributed by atoms with Gasteiger partial charge in [-0.25, -0.2) is 15.0 Å². The van der Waals surface area contributed by atoms with Gasteiger partial charge < -0.3 is 10.7 Å². The number of nitrogens with two attached hydrogens (primary N) is 1. The molecule has 0 atom stereocenters. The molecule has 6 nitrogen and oxygen atoms in total. The fourth-order valence-electron chi connectivity index (χ4n) is 2.32. The van der Waals surface area contributed by atoms with Gasteiger partial charge >= 0.3 is 12.4 Å². The van der Waals surface area contributed by atoms with Crippen LogP contribution in [0.4, 0.5) is 26.3 Å². The third-order valence-corrected chi connectivity index (χ3v) is 3.54. The zero-order valence-electron chi connectivity index (χ0n) is 13.6. The molecule has 146 valence electrons. The number of nitrogens with one attached hydrogen (secondary N) is 1. The van der Waals surface area contributed by atoms with E-state index in [9.17, 15) is 31.1 Å². The number of carbonyl (C=O) groups excluding carboxylic acids is 1. The Bertz CT molecular complexity index is 1050. The van der Waals surface area contributed by atoms with Gasteiger partial charge in [0.1, 0.15) is 16.9 Å². The summed E-state index contributed by atoms with van der Waals surface area (Å²) >= 11 is 0. The van der Waals surface area contributed by atoms with Crippen molar-refractivity contribution in [2.75, 3.05) is 0 Å². The molecule has 0 aliphatic rings. The Labute approximate surface area is 152 Å². The predicted molar refractivity (Wildman–Crippen MR) is 85.4 cm³/mol. The van der Waals surface area contributed by atoms with E-state index in [0.29, 0.717) is 17.7 Å². The lowest BCUT2D eigenvalue weighted by molar-refractivity contribution is -0.150. The van der Waals surface area contributed by atoms with E-state index in [4.69, 9.17) is 5.73 Å². The molecule has 3 heterocycles. The molecule has 28 heavy (non-hydrogen) atoms. The van der Waals surface area contributed by atoms with Gasteiger partial charge in [-0.1, -0.05) is 0 Å². The summed E-state index contributed by atoms with van der Waals surface area (Å²) in [6.45, 7) is 0. The van der Waals surface area contributed by atoms with Crippen molar-refractivity contribution in [1.29, 1.82) is 0 Å². The minimum absolute atomic E-state index is 0.133. The lowest BCUT2D eigenvalue weighted by Crippen LogP contribution is -2.15. The lowest BCUT2D eigenvalue weighted by Gasteiger charge is -2.12. The van der Waals surface area contributed by atoms with Crippen LogP contribution in [0.15, 0.2) is 30.6 Å². The van der Waals surface area contributed by atoms with Crippen molar-refractivity contribution in [2.24, 2.45) is 5.73 Å². The van der Waals surface area contributed by atoms with Gasteiger partial charge in [-0.2, -0.15) is 26.3 Å². The van der Waals surface area contributed by atoms with Gasteiger partial charge in [0.05, 0.1) is 11.9 Å². The number of primary amides is 1. The number of fused-ring (bicyclic) bond motifs is 1. The summed E-state index contributed by atoms with van der Waals surface area (Å²) in [6, 6.07) is 0.910. The van der Waals surface area contributed by atoms with E-state index < -0.39 is 35.2 Å². The Morgan fingerprint density at radius 3 is 2.18 bits per heavy atom. The van der Waals surface area contributed by atoms with Gasteiger partial charge in [0.15, 0.2) is 5.65 Å². The minimum atomic E-state index is -5.09. The molecule has 0 unspecified atom stereocenters. The topological polar surface area (TPSA) is 97.6 Å². The Kier molecular flexibility index (Phi) is 4.57. The largest absolute Gasteiger partial charge is 0.433 e. The highest BCUT2D eigenvalue weighted by atomic mass is 19.4. The molecule has 0 saturated heterocycles. The summed E-state index contributed by atoms with van der Waals surface area (Å²) in [5, 5.41) is 0. The van der Waals surface area contributed by atoms with Gasteiger partial charge in [-0.05, 0) is 18.2 Å². The van der Waals surface area contributed by atoms with Crippen molar-refractivity contribution >= 4 is 23.1 Å². The second-order valence-electron chi connectivity index (χ2n) is 5.55. The normalized spacial score (nSPS) is 12.8. The summed E-state index contributed by atoms with van der Waals surface area (Å²) in [5.41, 5.74) is 1.56. The quantitative estimate of drug-likeness (QED) is 0.518. The number of nitrogens with zero attached hydrogens (tertiary/aromatic N) is 3. The van der Waals surface area contributed by atoms with E-state index in [1.807, 2.05) is 0 Å². The molecule has 0 saturated carbocycles. The lowest BCUT2D eigenvalue weighted by atomic mass is 10.1. The number of aromatic amines is 1. The Hall–Kier alpha value is -3.44. The fraction of sp³-hybridized carbons (Fsp3) is 0.125. The highest BCUT2D eigenvalue weighted by Gasteiger charge is 2.39. The second kappa shape index (κ2) is 6.62. The third kappa shape index (κ3) is 3.94. The van der Waals surface area contributed by atoms with Crippen molar-refractivity contribution in [2.45, 2.75) is 12.4 Å². The van der Waals surface area contributed by atoms with Gasteiger partial charge in [-0.15, -0.1) is 0 Å². The molecule has 1 amide bonds. The SMILES string of the molecule is NC(=O)/C=C/c1c[nH]c2ncc(-c3cc(C(F)(F)F)nc(C(F)(F)F)c3)nc12. The average Bonchev–Trinajstić information content (AvgIpc) is 3.00. The van der Waals surface area contributed by atoms with Crippen LogP contribution in [0.3, 0.4) is 0 Å². The minimum Gasteiger partial charge on any atom is -0.366 e. The highest BCUT2D eigenvalue weighted by molar-refractivity contribution is 5.93. The van der Waals surface area contributed by atoms with E-state index >= 15 is 0 Å². The van der Waals surface area contributed by atoms with Crippen LogP contribution in [0.5, 0.6) is 0 Å². The van der Waals surface area contributed by atoms with Crippen molar-refractivity contribution in [3.05, 3.63) is 47.6 Å². The monoisotopic (exact) mass is 401 g/mol. The zero-order valence-corrected chi connectivity index (χ0v) is 13.6. The number of pyridine rings is 1. The molecule has 3 rings (SSSR count). The van der Waals surface area contributed by atoms with E-state index in [2.05, 4.69) is 19.9 Å². The maximum Gasteiger partial charge on any atom is 0.433 e. The fourth-order valence-corrected chi connectivity index (χ4v) is 2.32. The van der Waals surface area contributed by atoms with Gasteiger partial charge in [0.25, 0.3) is 0 Å². The zero-order chi connectivity index (χ0) is 20.7. The standard InChI is InChI=1S/C16H9F6N5O/c17-15(18,19)10-3-8(4-11(27-10)16(20,21)22)9-6-25-14-13(26-9)7(5-24-14)1-2-12(23)28/h1-6H,(H2,23,28)(H,24,25)/b2-1+. The summed E-state index contributed by atoms with van der Waals surface area (Å²) in [4.78, 5) is 24.2. The Morgan fingerprint density at radius 2 is 1.64 bits per heavy atom. The number of carbonyl (C=O) groups is 1. The van der Waals surface area contributed by atoms with Crippen LogP contribution < -0.4 is 5.73 Å². The third-order valence-electron chi connectivity index (χ3n) is 3.54. The molecule has 0 aromatic carbocycles. The number of aromatic nitrogens is 4. The molecule has 0 aliphatic carbocycles. The summed E-state index contributed by atoms with van der Waals surface area (Å²) < 4.78 is 77.8. The van der Waals surface area contributed by atoms with Crippen molar-refractivity contribution < 1.29 is 31.1 Å². The van der Waals surface area contributed by atoms with E-state index in [1.54, 1.807) is 0 Å². The maximum atomic E-state index is 13.0. The number of halogens is 6. The number of hydrogen-bond donors (Lipinski definition) is 2. The molecule has 3 aromatic heterocycles. The number of rotatable bonds is 3. The molecule has 0 bridgehead atoms. The molecule has 0 radical (unpaired) electrons. The van der Waals surface area contributed by atoms with E-state index in [1.165, 1.54) is 12.3 Å². The first kappa shape index (κ1) is 19.3. The van der Waals surface area contributed by atoms with Crippen molar-refractivity contribution in [3.8, 4) is 11.3 Å². The second-order valence-corrected chi connectivity index (χ2v) is 5.55. The first-order valence-corrected chi connectivity index (χ1v) is 7.43. The molecule has 0 spiro atoms. The first-order valence-electron chi connectivity index (χ1n) is 7.43. The predicted octanol–water partition coefficient (Wildman–Crippen LogP) is 3.56. The first-order chi connectivity index (χ1) is 12.9. The van der Waals surface area contributed by atoms with Crippen LogP contribution in [-0.2, 0) is 17.1 Å². The molecule has 12 heteroatoms. The number of amides is 1. The van der Waals surface area contributed by atoms with E-state index in [-0.39, 0.29) is 16.9 Å². The molecular weight excluding hydrogens is 392 g/mol. The molecule has 3 aromatic rings. The van der Waals surface area contributed by atoms with Crippen LogP contribution in [0.2, 0.25) is 0 Å². The van der Waals surface area contributed by atoms with Crippen LogP contribution in [0.25, 0.3) is 28.5 Å². The molecular formula is C16H9F6N5O. The summed E-state index contributed by atoms with van der Waals surface area (Å²) in [7, 11) is 0. The average molecular weight is 401 g/mol. The Morgan fingerprint density at radius 1 is 1.04 bits per heavy atom. The van der Waals surface area contributed by atoms with Crippen LogP contribution >= 0.6 is 0 Å². The van der Waals surface area contributed by atoms with E-state index in [0.717, 1.165) is 12.3 Å². The summed E-state index contributed by atoms with van der Waals surface area (Å²) in [5.74, 6) is -0.753. The maximum absolute atomic E-state index is 13.0. The van der Waals surface area contributed by atoms with Crippen molar-refractivity contribution in [1.82, 2.24) is 19.9 Å². The van der Waals surface area contributed by atoms with Gasteiger partial charge in [0.2, 0.25) is 5.91 Å². The van der Waals surface area contributed by atoms with Gasteiger partial charge in [0, 0.05) is 23.4 Å². The summed E-state index contributed by atoms with van der Waals surface area (Å²) in [6.07, 6.45) is -5.44. The van der Waals surface area contributed by atoms with Crippen molar-refractivity contribution in [3.63, 3.8) is 0 Å². The highest BCUT2D eigenvalue weighted by Crippen LogP contribution is 2.36. The smallest absolute Gasteiger partial charge is 0.366 e. The van der Waals surface area contributed by atoms with Crippen LogP contribution in [-0.4, -0.2) is 25.8 Å².